The normalized spacial score (nSPS) is 11.2. The number of fused-ring (bicyclic) bond motifs is 1. The van der Waals surface area contributed by atoms with Crippen LogP contribution < -0.4 is 0 Å². The van der Waals surface area contributed by atoms with Crippen molar-refractivity contribution in [3.05, 3.63) is 12.2 Å². The lowest BCUT2D eigenvalue weighted by Gasteiger charge is -2.01. The van der Waals surface area contributed by atoms with Gasteiger partial charge in [0.05, 0.1) is 0 Å². The largest absolute Gasteiger partial charge is 0.376 e. The molecule has 0 saturated heterocycles. The maximum absolute atomic E-state index is 9.23. The fraction of sp³-hybridized carbons (Fsp3) is 0.500. The van der Waals surface area contributed by atoms with Crippen molar-refractivity contribution in [2.45, 2.75) is 32.0 Å². The molecule has 0 atom stereocenters. The van der Waals surface area contributed by atoms with E-state index in [0.717, 1.165) is 28.5 Å². The standard InChI is InChI=1S/C10H14N4OS/c1-3-4-16-10-8-9(11-5-12-10)14(6-15)7(2)13-8/h5,15H,3-4,6H2,1-2H3. The van der Waals surface area contributed by atoms with Gasteiger partial charge in [0.1, 0.15) is 29.4 Å². The molecule has 2 aromatic rings. The van der Waals surface area contributed by atoms with E-state index in [2.05, 4.69) is 21.9 Å². The van der Waals surface area contributed by atoms with Crippen LogP contribution in [0.3, 0.4) is 0 Å². The zero-order valence-corrected chi connectivity index (χ0v) is 10.2. The summed E-state index contributed by atoms with van der Waals surface area (Å²) in [5, 5.41) is 10.1. The van der Waals surface area contributed by atoms with Crippen LogP contribution in [0.5, 0.6) is 0 Å². The molecule has 2 aromatic heterocycles. The van der Waals surface area contributed by atoms with Gasteiger partial charge < -0.3 is 5.11 Å². The Labute approximate surface area is 97.9 Å². The Hall–Kier alpha value is -1.14. The van der Waals surface area contributed by atoms with Gasteiger partial charge >= 0.3 is 0 Å². The van der Waals surface area contributed by atoms with Gasteiger partial charge in [0, 0.05) is 0 Å². The van der Waals surface area contributed by atoms with Crippen molar-refractivity contribution in [1.29, 1.82) is 0 Å². The van der Waals surface area contributed by atoms with Crippen LogP contribution in [0.4, 0.5) is 0 Å². The Morgan fingerprint density at radius 2 is 2.25 bits per heavy atom. The molecule has 1 N–H and O–H groups in total. The third-order valence-electron chi connectivity index (χ3n) is 2.27. The average molecular weight is 238 g/mol. The van der Waals surface area contributed by atoms with E-state index in [1.165, 1.54) is 6.33 Å². The Morgan fingerprint density at radius 1 is 1.44 bits per heavy atom. The molecule has 0 aliphatic carbocycles. The van der Waals surface area contributed by atoms with Crippen LogP contribution in [-0.2, 0) is 6.73 Å². The molecule has 0 amide bonds. The Morgan fingerprint density at radius 3 is 2.94 bits per heavy atom. The summed E-state index contributed by atoms with van der Waals surface area (Å²) in [5.41, 5.74) is 1.49. The first-order valence-corrected chi connectivity index (χ1v) is 6.18. The van der Waals surface area contributed by atoms with E-state index in [0.29, 0.717) is 5.65 Å². The average Bonchev–Trinajstić information content (AvgIpc) is 2.62. The number of thioether (sulfide) groups is 1. The third kappa shape index (κ3) is 1.90. The van der Waals surface area contributed by atoms with Crippen molar-refractivity contribution in [2.75, 3.05) is 5.75 Å². The van der Waals surface area contributed by atoms with Gasteiger partial charge in [-0.25, -0.2) is 15.0 Å². The molecule has 2 heterocycles. The molecular weight excluding hydrogens is 224 g/mol. The number of rotatable bonds is 4. The molecule has 0 aliphatic heterocycles. The maximum Gasteiger partial charge on any atom is 0.166 e. The molecule has 0 bridgehead atoms. The van der Waals surface area contributed by atoms with Crippen molar-refractivity contribution in [1.82, 2.24) is 19.5 Å². The number of imidazole rings is 1. The Kier molecular flexibility index (Phi) is 3.40. The van der Waals surface area contributed by atoms with Crippen LogP contribution in [0.25, 0.3) is 11.2 Å². The number of aliphatic hydroxyl groups is 1. The molecule has 16 heavy (non-hydrogen) atoms. The maximum atomic E-state index is 9.23. The zero-order valence-electron chi connectivity index (χ0n) is 9.34. The lowest BCUT2D eigenvalue weighted by atomic mass is 10.5. The summed E-state index contributed by atoms with van der Waals surface area (Å²) < 4.78 is 1.67. The minimum Gasteiger partial charge on any atom is -0.376 e. The number of nitrogens with zero attached hydrogens (tertiary/aromatic N) is 4. The molecule has 86 valence electrons. The highest BCUT2D eigenvalue weighted by molar-refractivity contribution is 7.99. The summed E-state index contributed by atoms with van der Waals surface area (Å²) in [7, 11) is 0. The number of aryl methyl sites for hydroxylation is 1. The molecule has 0 unspecified atom stereocenters. The van der Waals surface area contributed by atoms with Crippen LogP contribution in [0.1, 0.15) is 19.2 Å². The first kappa shape index (κ1) is 11.3. The summed E-state index contributed by atoms with van der Waals surface area (Å²) >= 11 is 1.67. The fourth-order valence-electron chi connectivity index (χ4n) is 1.50. The van der Waals surface area contributed by atoms with Crippen LogP contribution >= 0.6 is 11.8 Å². The summed E-state index contributed by atoms with van der Waals surface area (Å²) in [4.78, 5) is 12.8. The molecule has 5 nitrogen and oxygen atoms in total. The first-order valence-electron chi connectivity index (χ1n) is 5.19. The van der Waals surface area contributed by atoms with Crippen molar-refractivity contribution >= 4 is 22.9 Å². The monoisotopic (exact) mass is 238 g/mol. The van der Waals surface area contributed by atoms with Crippen LogP contribution in [0.2, 0.25) is 0 Å². The molecular formula is C10H14N4OS. The quantitative estimate of drug-likeness (QED) is 0.647. The van der Waals surface area contributed by atoms with E-state index in [9.17, 15) is 5.11 Å². The number of hydrogen-bond acceptors (Lipinski definition) is 5. The number of aromatic nitrogens is 4. The van der Waals surface area contributed by atoms with Crippen LogP contribution in [0.15, 0.2) is 11.4 Å². The zero-order chi connectivity index (χ0) is 11.5. The van der Waals surface area contributed by atoms with Gasteiger partial charge in [-0.3, -0.25) is 4.57 Å². The van der Waals surface area contributed by atoms with Gasteiger partial charge in [-0.05, 0) is 19.1 Å². The minimum atomic E-state index is -0.1000. The van der Waals surface area contributed by atoms with Crippen LogP contribution in [-0.4, -0.2) is 30.4 Å². The highest BCUT2D eigenvalue weighted by atomic mass is 32.2. The predicted octanol–water partition coefficient (Wildman–Crippen LogP) is 1.59. The molecule has 0 spiro atoms. The predicted molar refractivity (Wildman–Crippen MR) is 63.3 cm³/mol. The Balaban J connectivity index is 2.51. The van der Waals surface area contributed by atoms with Gasteiger partial charge in [0.15, 0.2) is 5.65 Å². The van der Waals surface area contributed by atoms with Gasteiger partial charge in [-0.1, -0.05) is 6.92 Å². The number of hydrogen-bond donors (Lipinski definition) is 1. The SMILES string of the molecule is CCCSc1ncnc2c1nc(C)n2CO. The van der Waals surface area contributed by atoms with E-state index in [1.54, 1.807) is 16.3 Å². The summed E-state index contributed by atoms with van der Waals surface area (Å²) in [6.45, 7) is 3.88. The fourth-order valence-corrected chi connectivity index (χ4v) is 2.29. The molecule has 2 rings (SSSR count). The minimum absolute atomic E-state index is 0.1000. The van der Waals surface area contributed by atoms with Crippen molar-refractivity contribution in [3.63, 3.8) is 0 Å². The molecule has 0 aromatic carbocycles. The summed E-state index contributed by atoms with van der Waals surface area (Å²) in [6.07, 6.45) is 2.61. The molecule has 6 heteroatoms. The topological polar surface area (TPSA) is 63.8 Å². The molecule has 0 saturated carbocycles. The summed E-state index contributed by atoms with van der Waals surface area (Å²) in [5.74, 6) is 1.77. The van der Waals surface area contributed by atoms with Gasteiger partial charge in [-0.15, -0.1) is 11.8 Å². The van der Waals surface area contributed by atoms with Gasteiger partial charge in [-0.2, -0.15) is 0 Å². The molecule has 0 fully saturated rings. The molecule has 0 radical (unpaired) electrons. The van der Waals surface area contributed by atoms with Gasteiger partial charge in [0.2, 0.25) is 0 Å². The second kappa shape index (κ2) is 4.80. The lowest BCUT2D eigenvalue weighted by Crippen LogP contribution is -2.00. The van der Waals surface area contributed by atoms with Crippen LogP contribution in [0, 0.1) is 6.92 Å². The molecule has 0 aliphatic rings. The summed E-state index contributed by atoms with van der Waals surface area (Å²) in [6, 6.07) is 0. The Bertz CT molecular complexity index is 497. The van der Waals surface area contributed by atoms with E-state index in [-0.39, 0.29) is 6.73 Å². The third-order valence-corrected chi connectivity index (χ3v) is 3.46. The van der Waals surface area contributed by atoms with E-state index in [4.69, 9.17) is 0 Å². The van der Waals surface area contributed by atoms with Gasteiger partial charge in [0.25, 0.3) is 0 Å². The highest BCUT2D eigenvalue weighted by Crippen LogP contribution is 2.24. The van der Waals surface area contributed by atoms with E-state index in [1.807, 2.05) is 6.92 Å². The van der Waals surface area contributed by atoms with E-state index < -0.39 is 0 Å². The lowest BCUT2D eigenvalue weighted by molar-refractivity contribution is 0.211. The first-order chi connectivity index (χ1) is 7.77. The smallest absolute Gasteiger partial charge is 0.166 e. The van der Waals surface area contributed by atoms with Crippen molar-refractivity contribution < 1.29 is 5.11 Å². The van der Waals surface area contributed by atoms with E-state index >= 15 is 0 Å². The van der Waals surface area contributed by atoms with Crippen molar-refractivity contribution in [2.24, 2.45) is 0 Å². The number of aliphatic hydroxyl groups excluding tert-OH is 1. The second-order valence-corrected chi connectivity index (χ2v) is 4.51. The van der Waals surface area contributed by atoms with Crippen molar-refractivity contribution in [3.8, 4) is 0 Å². The second-order valence-electron chi connectivity index (χ2n) is 3.43. The highest BCUT2D eigenvalue weighted by Gasteiger charge is 2.12.